The van der Waals surface area contributed by atoms with Crippen LogP contribution >= 0.6 is 11.6 Å². The van der Waals surface area contributed by atoms with E-state index in [1.54, 1.807) is 12.1 Å². The zero-order valence-corrected chi connectivity index (χ0v) is 16.2. The van der Waals surface area contributed by atoms with Crippen LogP contribution in [0.4, 0.5) is 4.39 Å². The Hall–Kier alpha value is -1.78. The number of unbranched alkanes of at least 4 members (excludes halogenated alkanes) is 1. The Labute approximate surface area is 161 Å². The van der Waals surface area contributed by atoms with Gasteiger partial charge in [0.1, 0.15) is 5.82 Å². The van der Waals surface area contributed by atoms with Crippen LogP contribution in [0.1, 0.15) is 74.5 Å². The van der Waals surface area contributed by atoms with Crippen LogP contribution in [-0.4, -0.2) is 0 Å². The fourth-order valence-electron chi connectivity index (χ4n) is 3.83. The van der Waals surface area contributed by atoms with Crippen molar-refractivity contribution in [3.05, 3.63) is 70.0 Å². The van der Waals surface area contributed by atoms with Crippen molar-refractivity contribution < 1.29 is 4.39 Å². The molecule has 1 fully saturated rings. The summed E-state index contributed by atoms with van der Waals surface area (Å²) in [5.74, 6) is 7.32. The summed E-state index contributed by atoms with van der Waals surface area (Å²) < 4.78 is 13.5. The van der Waals surface area contributed by atoms with E-state index in [4.69, 9.17) is 11.6 Å². The molecule has 2 heteroatoms. The molecule has 1 saturated carbocycles. The Morgan fingerprint density at radius 1 is 0.962 bits per heavy atom. The molecule has 0 aromatic heterocycles. The first-order chi connectivity index (χ1) is 12.7. The van der Waals surface area contributed by atoms with Gasteiger partial charge < -0.3 is 0 Å². The predicted octanol–water partition coefficient (Wildman–Crippen LogP) is 7.34. The average Bonchev–Trinajstić information content (AvgIpc) is 2.68. The second-order valence-corrected chi connectivity index (χ2v) is 7.77. The lowest BCUT2D eigenvalue weighted by Crippen LogP contribution is -2.13. The van der Waals surface area contributed by atoms with Crippen LogP contribution in [0, 0.1) is 23.6 Å². The fourth-order valence-corrected chi connectivity index (χ4v) is 3.95. The number of halogens is 2. The van der Waals surface area contributed by atoms with Gasteiger partial charge in [0.15, 0.2) is 0 Å². The Bertz CT molecular complexity index is 774. The lowest BCUT2D eigenvalue weighted by atomic mass is 9.77. The number of hydrogen-bond acceptors (Lipinski definition) is 0. The molecule has 136 valence electrons. The summed E-state index contributed by atoms with van der Waals surface area (Å²) in [6.45, 7) is 2.28. The average molecular weight is 369 g/mol. The summed E-state index contributed by atoms with van der Waals surface area (Å²) in [5, 5.41) is 0.129. The Morgan fingerprint density at radius 3 is 2.27 bits per heavy atom. The van der Waals surface area contributed by atoms with E-state index in [2.05, 4.69) is 43.0 Å². The van der Waals surface area contributed by atoms with Crippen LogP contribution in [0.2, 0.25) is 5.02 Å². The van der Waals surface area contributed by atoms with Crippen molar-refractivity contribution >= 4 is 11.6 Å². The molecule has 0 N–H and O–H groups in total. The molecule has 3 rings (SSSR count). The molecule has 1 aliphatic carbocycles. The maximum atomic E-state index is 13.5. The molecule has 0 bridgehead atoms. The topological polar surface area (TPSA) is 0 Å². The zero-order valence-electron chi connectivity index (χ0n) is 15.4. The van der Waals surface area contributed by atoms with E-state index < -0.39 is 5.82 Å². The second-order valence-electron chi connectivity index (χ2n) is 7.36. The maximum Gasteiger partial charge on any atom is 0.143 e. The summed E-state index contributed by atoms with van der Waals surface area (Å²) >= 11 is 5.70. The minimum absolute atomic E-state index is 0.129. The third-order valence-electron chi connectivity index (χ3n) is 5.47. The highest BCUT2D eigenvalue weighted by Crippen LogP contribution is 2.37. The van der Waals surface area contributed by atoms with Crippen LogP contribution in [-0.2, 0) is 0 Å². The molecular weight excluding hydrogens is 343 g/mol. The molecule has 0 saturated heterocycles. The molecule has 0 heterocycles. The van der Waals surface area contributed by atoms with Gasteiger partial charge in [-0.1, -0.05) is 61.8 Å². The van der Waals surface area contributed by atoms with E-state index in [0.29, 0.717) is 11.5 Å². The molecule has 0 radical (unpaired) electrons. The van der Waals surface area contributed by atoms with Crippen molar-refractivity contribution in [2.75, 3.05) is 0 Å². The SMILES string of the molecule is CCCC[C@H]1CC[C@H](c2ccc(C#Cc3ccc(Cl)c(F)c3)cc2)CC1. The van der Waals surface area contributed by atoms with E-state index in [1.807, 2.05) is 0 Å². The van der Waals surface area contributed by atoms with Gasteiger partial charge in [-0.3, -0.25) is 0 Å². The van der Waals surface area contributed by atoms with Gasteiger partial charge in [0.25, 0.3) is 0 Å². The lowest BCUT2D eigenvalue weighted by molar-refractivity contribution is 0.304. The Kier molecular flexibility index (Phi) is 6.75. The third kappa shape index (κ3) is 5.12. The molecule has 0 spiro atoms. The van der Waals surface area contributed by atoms with Gasteiger partial charge in [0.05, 0.1) is 5.02 Å². The van der Waals surface area contributed by atoms with Gasteiger partial charge >= 0.3 is 0 Å². The predicted molar refractivity (Wildman–Crippen MR) is 108 cm³/mol. The van der Waals surface area contributed by atoms with E-state index >= 15 is 0 Å². The zero-order chi connectivity index (χ0) is 18.4. The van der Waals surface area contributed by atoms with Crippen LogP contribution in [0.25, 0.3) is 0 Å². The van der Waals surface area contributed by atoms with Crippen molar-refractivity contribution in [2.45, 2.75) is 57.8 Å². The van der Waals surface area contributed by atoms with E-state index in [9.17, 15) is 4.39 Å². The molecule has 0 aliphatic heterocycles. The first-order valence-corrected chi connectivity index (χ1v) is 10.1. The number of benzene rings is 2. The maximum absolute atomic E-state index is 13.5. The largest absolute Gasteiger partial charge is 0.205 e. The normalized spacial score (nSPS) is 19.7. The highest BCUT2D eigenvalue weighted by atomic mass is 35.5. The lowest BCUT2D eigenvalue weighted by Gasteiger charge is -2.28. The van der Waals surface area contributed by atoms with Crippen molar-refractivity contribution in [2.24, 2.45) is 5.92 Å². The van der Waals surface area contributed by atoms with E-state index in [1.165, 1.54) is 56.6 Å². The summed E-state index contributed by atoms with van der Waals surface area (Å²) in [6, 6.07) is 13.2. The summed E-state index contributed by atoms with van der Waals surface area (Å²) in [4.78, 5) is 0. The van der Waals surface area contributed by atoms with Gasteiger partial charge in [-0.2, -0.15) is 0 Å². The highest BCUT2D eigenvalue weighted by molar-refractivity contribution is 6.30. The molecule has 1 aliphatic rings. The van der Waals surface area contributed by atoms with Crippen molar-refractivity contribution in [1.29, 1.82) is 0 Å². The van der Waals surface area contributed by atoms with Gasteiger partial charge in [-0.05, 0) is 73.4 Å². The summed E-state index contributed by atoms with van der Waals surface area (Å²) in [6.07, 6.45) is 9.45. The standard InChI is InChI=1S/C24H26ClF/c1-2-3-4-18-7-12-21(13-8-18)22-14-9-19(10-15-22)5-6-20-11-16-23(25)24(26)17-20/h9-11,14-18,21H,2-4,7-8,12-13H2,1H3/t18-,21-. The first kappa shape index (κ1) is 19.0. The molecule has 2 aromatic carbocycles. The van der Waals surface area contributed by atoms with Crippen LogP contribution in [0.5, 0.6) is 0 Å². The summed E-state index contributed by atoms with van der Waals surface area (Å²) in [5.41, 5.74) is 3.03. The molecular formula is C24H26ClF. The van der Waals surface area contributed by atoms with Crippen molar-refractivity contribution in [3.8, 4) is 11.8 Å². The van der Waals surface area contributed by atoms with Gasteiger partial charge in [0.2, 0.25) is 0 Å². The monoisotopic (exact) mass is 368 g/mol. The molecule has 0 amide bonds. The van der Waals surface area contributed by atoms with Gasteiger partial charge in [0, 0.05) is 11.1 Å². The Balaban J connectivity index is 1.59. The molecule has 0 unspecified atom stereocenters. The highest BCUT2D eigenvalue weighted by Gasteiger charge is 2.21. The third-order valence-corrected chi connectivity index (χ3v) is 5.77. The smallest absolute Gasteiger partial charge is 0.143 e. The number of rotatable bonds is 4. The fraction of sp³-hybridized carbons (Fsp3) is 0.417. The van der Waals surface area contributed by atoms with Crippen LogP contribution < -0.4 is 0 Å². The van der Waals surface area contributed by atoms with Crippen molar-refractivity contribution in [1.82, 2.24) is 0 Å². The van der Waals surface area contributed by atoms with E-state index in [-0.39, 0.29) is 5.02 Å². The molecule has 26 heavy (non-hydrogen) atoms. The van der Waals surface area contributed by atoms with Crippen LogP contribution in [0.15, 0.2) is 42.5 Å². The first-order valence-electron chi connectivity index (χ1n) is 9.72. The van der Waals surface area contributed by atoms with Gasteiger partial charge in [-0.15, -0.1) is 0 Å². The minimum Gasteiger partial charge on any atom is -0.205 e. The minimum atomic E-state index is -0.427. The van der Waals surface area contributed by atoms with Gasteiger partial charge in [-0.25, -0.2) is 4.39 Å². The number of hydrogen-bond donors (Lipinski definition) is 0. The Morgan fingerprint density at radius 2 is 1.62 bits per heavy atom. The molecule has 0 nitrogen and oxygen atoms in total. The molecule has 2 aromatic rings. The quantitative estimate of drug-likeness (QED) is 0.495. The molecule has 0 atom stereocenters. The van der Waals surface area contributed by atoms with E-state index in [0.717, 1.165) is 11.5 Å². The van der Waals surface area contributed by atoms with Crippen molar-refractivity contribution in [3.63, 3.8) is 0 Å². The summed E-state index contributed by atoms with van der Waals surface area (Å²) in [7, 11) is 0. The second kappa shape index (κ2) is 9.24. The van der Waals surface area contributed by atoms with Crippen LogP contribution in [0.3, 0.4) is 0 Å².